The number of hydrogen-bond donors (Lipinski definition) is 2. The Bertz CT molecular complexity index is 1120. The highest BCUT2D eigenvalue weighted by molar-refractivity contribution is 5.81. The highest BCUT2D eigenvalue weighted by Gasteiger charge is 2.47. The first-order valence-electron chi connectivity index (χ1n) is 10.9. The zero-order valence-electron chi connectivity index (χ0n) is 18.4. The first kappa shape index (κ1) is 20.4. The van der Waals surface area contributed by atoms with E-state index >= 15 is 0 Å². The van der Waals surface area contributed by atoms with E-state index in [2.05, 4.69) is 22.9 Å². The van der Waals surface area contributed by atoms with Gasteiger partial charge in [-0.1, -0.05) is 6.07 Å². The molecule has 3 N–H and O–H groups in total. The maximum absolute atomic E-state index is 10.1. The third-order valence-corrected chi connectivity index (χ3v) is 7.18. The fraction of sp³-hybridized carbons (Fsp3) is 0.522. The summed E-state index contributed by atoms with van der Waals surface area (Å²) in [4.78, 5) is 16.4. The normalized spacial score (nSPS) is 23.2. The summed E-state index contributed by atoms with van der Waals surface area (Å²) in [5.74, 6) is 0.778. The quantitative estimate of drug-likeness (QED) is 0.667. The molecular formula is C23H30N6O2. The van der Waals surface area contributed by atoms with Crippen LogP contribution in [0.25, 0.3) is 22.3 Å². The van der Waals surface area contributed by atoms with Gasteiger partial charge in [0.15, 0.2) is 5.82 Å². The molecular weight excluding hydrogens is 392 g/mol. The summed E-state index contributed by atoms with van der Waals surface area (Å²) in [7, 11) is 1.98. The third-order valence-electron chi connectivity index (χ3n) is 7.18. The van der Waals surface area contributed by atoms with E-state index < -0.39 is 0 Å². The number of hydrogen-bond acceptors (Lipinski definition) is 7. The second-order valence-electron chi connectivity index (χ2n) is 9.04. The van der Waals surface area contributed by atoms with Crippen LogP contribution in [0, 0.1) is 12.3 Å². The molecule has 31 heavy (non-hydrogen) atoms. The minimum atomic E-state index is -0.148. The summed E-state index contributed by atoms with van der Waals surface area (Å²) >= 11 is 0. The van der Waals surface area contributed by atoms with Crippen molar-refractivity contribution in [1.29, 1.82) is 0 Å². The topological polar surface area (TPSA) is 102 Å². The number of piperidine rings is 1. The fourth-order valence-electron chi connectivity index (χ4n) is 5.09. The Balaban J connectivity index is 1.44. The standard InChI is InChI=1S/C23H30N6O2/c1-14-20(16-4-5-17-19(10-16)28(3)13-25-17)27-18(11-30)22(26-14)29-8-6-23(7-9-29)12-31-15(2)21(23)24/h4-5,10,13,15,21,30H,6-9,11-12,24H2,1-3H3/t15-,21+/m0/s1. The van der Waals surface area contributed by atoms with Crippen LogP contribution < -0.4 is 10.6 Å². The van der Waals surface area contributed by atoms with Crippen LogP contribution in [0.2, 0.25) is 0 Å². The average Bonchev–Trinajstić information content (AvgIpc) is 3.29. The van der Waals surface area contributed by atoms with Gasteiger partial charge in [-0.25, -0.2) is 15.0 Å². The first-order valence-corrected chi connectivity index (χ1v) is 10.9. The molecule has 2 aliphatic heterocycles. The van der Waals surface area contributed by atoms with Crippen LogP contribution in [0.5, 0.6) is 0 Å². The molecule has 4 heterocycles. The number of aliphatic hydroxyl groups is 1. The van der Waals surface area contributed by atoms with E-state index in [-0.39, 0.29) is 24.2 Å². The van der Waals surface area contributed by atoms with Crippen molar-refractivity contribution in [2.45, 2.75) is 45.4 Å². The van der Waals surface area contributed by atoms with Crippen molar-refractivity contribution in [1.82, 2.24) is 19.5 Å². The monoisotopic (exact) mass is 422 g/mol. The molecule has 0 amide bonds. The lowest BCUT2D eigenvalue weighted by Gasteiger charge is -2.42. The van der Waals surface area contributed by atoms with Gasteiger partial charge < -0.3 is 25.0 Å². The molecule has 8 nitrogen and oxygen atoms in total. The van der Waals surface area contributed by atoms with Crippen LogP contribution >= 0.6 is 0 Å². The Hall–Kier alpha value is -2.55. The zero-order chi connectivity index (χ0) is 21.8. The molecule has 8 heteroatoms. The predicted molar refractivity (Wildman–Crippen MR) is 120 cm³/mol. The number of benzene rings is 1. The molecule has 0 saturated carbocycles. The number of anilines is 1. The molecule has 0 unspecified atom stereocenters. The van der Waals surface area contributed by atoms with Crippen LogP contribution in [0.1, 0.15) is 31.2 Å². The molecule has 2 fully saturated rings. The molecule has 2 aromatic heterocycles. The number of aryl methyl sites for hydroxylation is 2. The minimum absolute atomic E-state index is 0.0518. The lowest BCUT2D eigenvalue weighted by Crippen LogP contribution is -2.51. The number of imidazole rings is 1. The van der Waals surface area contributed by atoms with Crippen molar-refractivity contribution in [2.24, 2.45) is 18.2 Å². The van der Waals surface area contributed by atoms with E-state index in [1.807, 2.05) is 30.7 Å². The van der Waals surface area contributed by atoms with E-state index in [4.69, 9.17) is 20.4 Å². The predicted octanol–water partition coefficient (Wildman–Crippen LogP) is 2.16. The highest BCUT2D eigenvalue weighted by Crippen LogP contribution is 2.42. The van der Waals surface area contributed by atoms with Crippen molar-refractivity contribution in [3.05, 3.63) is 35.9 Å². The molecule has 164 valence electrons. The van der Waals surface area contributed by atoms with Gasteiger partial charge >= 0.3 is 0 Å². The van der Waals surface area contributed by atoms with E-state index in [9.17, 15) is 5.11 Å². The van der Waals surface area contributed by atoms with E-state index in [0.29, 0.717) is 5.69 Å². The van der Waals surface area contributed by atoms with Gasteiger partial charge in [-0.05, 0) is 38.8 Å². The first-order chi connectivity index (χ1) is 14.9. The molecule has 2 atom stereocenters. The maximum atomic E-state index is 10.1. The lowest BCUT2D eigenvalue weighted by atomic mass is 9.73. The van der Waals surface area contributed by atoms with E-state index in [1.165, 1.54) is 0 Å². The molecule has 1 spiro atoms. The second-order valence-corrected chi connectivity index (χ2v) is 9.04. The molecule has 1 aromatic carbocycles. The van der Waals surface area contributed by atoms with Crippen molar-refractivity contribution >= 4 is 16.9 Å². The SMILES string of the molecule is Cc1nc(N2CCC3(CC2)CO[C@@H](C)[C@H]3N)c(CO)nc1-c1ccc2ncn(C)c2c1. The minimum Gasteiger partial charge on any atom is -0.390 e. The molecule has 5 rings (SSSR count). The number of aromatic nitrogens is 4. The maximum Gasteiger partial charge on any atom is 0.153 e. The van der Waals surface area contributed by atoms with Crippen LogP contribution in [0.4, 0.5) is 5.82 Å². The number of ether oxygens (including phenoxy) is 1. The Labute approximate surface area is 182 Å². The van der Waals surface area contributed by atoms with Crippen LogP contribution in [-0.2, 0) is 18.4 Å². The molecule has 2 aliphatic rings. The molecule has 0 bridgehead atoms. The number of nitrogens with zero attached hydrogens (tertiary/aromatic N) is 5. The fourth-order valence-corrected chi connectivity index (χ4v) is 5.09. The number of rotatable bonds is 3. The van der Waals surface area contributed by atoms with E-state index in [1.54, 1.807) is 6.33 Å². The van der Waals surface area contributed by atoms with Gasteiger partial charge in [-0.15, -0.1) is 0 Å². The summed E-state index contributed by atoms with van der Waals surface area (Å²) in [5.41, 5.74) is 11.7. The van der Waals surface area contributed by atoms with Gasteiger partial charge in [0.25, 0.3) is 0 Å². The summed E-state index contributed by atoms with van der Waals surface area (Å²) in [5, 5.41) is 10.1. The zero-order valence-corrected chi connectivity index (χ0v) is 18.4. The summed E-state index contributed by atoms with van der Waals surface area (Å²) in [6.45, 7) is 6.30. The average molecular weight is 423 g/mol. The Morgan fingerprint density at radius 2 is 2.03 bits per heavy atom. The van der Waals surface area contributed by atoms with E-state index in [0.717, 1.165) is 66.3 Å². The van der Waals surface area contributed by atoms with Crippen molar-refractivity contribution in [2.75, 3.05) is 24.6 Å². The van der Waals surface area contributed by atoms with Crippen molar-refractivity contribution in [3.63, 3.8) is 0 Å². The number of fused-ring (bicyclic) bond motifs is 1. The molecule has 0 radical (unpaired) electrons. The Kier molecular flexibility index (Phi) is 4.96. The molecule has 0 aliphatic carbocycles. The molecule has 3 aromatic rings. The Morgan fingerprint density at radius 3 is 2.71 bits per heavy atom. The van der Waals surface area contributed by atoms with Gasteiger partial charge in [0.1, 0.15) is 5.69 Å². The van der Waals surface area contributed by atoms with Gasteiger partial charge in [0, 0.05) is 37.2 Å². The second kappa shape index (κ2) is 7.55. The molecule has 2 saturated heterocycles. The largest absolute Gasteiger partial charge is 0.390 e. The van der Waals surface area contributed by atoms with Crippen LogP contribution in [0.15, 0.2) is 24.5 Å². The summed E-state index contributed by atoms with van der Waals surface area (Å²) in [6, 6.07) is 6.16. The van der Waals surface area contributed by atoms with Gasteiger partial charge in [0.2, 0.25) is 0 Å². The summed E-state index contributed by atoms with van der Waals surface area (Å²) in [6.07, 6.45) is 3.84. The smallest absolute Gasteiger partial charge is 0.153 e. The highest BCUT2D eigenvalue weighted by atomic mass is 16.5. The van der Waals surface area contributed by atoms with Crippen molar-refractivity contribution in [3.8, 4) is 11.3 Å². The van der Waals surface area contributed by atoms with Gasteiger partial charge in [-0.2, -0.15) is 0 Å². The van der Waals surface area contributed by atoms with Crippen LogP contribution in [0.3, 0.4) is 0 Å². The van der Waals surface area contributed by atoms with Crippen molar-refractivity contribution < 1.29 is 9.84 Å². The lowest BCUT2D eigenvalue weighted by molar-refractivity contribution is 0.0973. The summed E-state index contributed by atoms with van der Waals surface area (Å²) < 4.78 is 7.83. The third kappa shape index (κ3) is 3.30. The Morgan fingerprint density at radius 1 is 1.26 bits per heavy atom. The number of nitrogens with two attached hydrogens (primary N) is 1. The number of aliphatic hydroxyl groups excluding tert-OH is 1. The van der Waals surface area contributed by atoms with Crippen LogP contribution in [-0.4, -0.2) is 56.5 Å². The van der Waals surface area contributed by atoms with Gasteiger partial charge in [0.05, 0.1) is 48.1 Å². The van der Waals surface area contributed by atoms with Gasteiger partial charge in [-0.3, -0.25) is 0 Å².